The lowest BCUT2D eigenvalue weighted by molar-refractivity contribution is 0.0995. The van der Waals surface area contributed by atoms with Gasteiger partial charge in [0.15, 0.2) is 5.69 Å². The molecule has 5 nitrogen and oxygen atoms in total. The van der Waals surface area contributed by atoms with Crippen molar-refractivity contribution in [2.45, 2.75) is 20.8 Å². The van der Waals surface area contributed by atoms with Gasteiger partial charge in [0.25, 0.3) is 5.91 Å². The number of carbonyl (C=O) groups is 1. The number of rotatable bonds is 3. The van der Waals surface area contributed by atoms with E-state index in [0.29, 0.717) is 16.9 Å². The van der Waals surface area contributed by atoms with Crippen LogP contribution in [0.15, 0.2) is 48.5 Å². The highest BCUT2D eigenvalue weighted by molar-refractivity contribution is 5.92. The Kier molecular flexibility index (Phi) is 5.86. The van der Waals surface area contributed by atoms with Gasteiger partial charge in [-0.05, 0) is 37.3 Å². The number of halogens is 1. The molecule has 3 aromatic rings. The molecule has 1 heterocycles. The average molecular weight is 350 g/mol. The molecule has 0 aliphatic rings. The van der Waals surface area contributed by atoms with Crippen LogP contribution in [-0.2, 0) is 0 Å². The Balaban J connectivity index is 0.00000117. The molecule has 132 valence electrons. The van der Waals surface area contributed by atoms with Crippen LogP contribution in [-0.4, -0.2) is 15.7 Å². The predicted molar refractivity (Wildman–Crippen MR) is 98.3 cm³/mol. The summed E-state index contributed by atoms with van der Waals surface area (Å²) in [6.07, 6.45) is 0. The number of amides is 1. The molecule has 0 bridgehead atoms. The summed E-state index contributed by atoms with van der Waals surface area (Å²) in [5.74, 6) is -1.30. The van der Waals surface area contributed by atoms with Crippen molar-refractivity contribution in [3.63, 3.8) is 0 Å². The molecule has 2 aromatic carbocycles. The number of aromatic nitrogens is 2. The SMILES string of the molecule is CC.Cc1ccc(-n2nc(C(N)=O)cc2-c2ccc(C#N)c(F)c2)cc1. The number of nitrogens with two attached hydrogens (primary N) is 1. The van der Waals surface area contributed by atoms with E-state index in [9.17, 15) is 9.18 Å². The standard InChI is InChI=1S/C18H13FN4O.C2H6/c1-11-2-6-14(7-3-11)23-17(9-16(22-23)18(21)24)12-4-5-13(10-20)15(19)8-12;1-2/h2-9H,1H3,(H2,21,24);1-2H3. The average Bonchev–Trinajstić information content (AvgIpc) is 3.09. The molecule has 0 spiro atoms. The summed E-state index contributed by atoms with van der Waals surface area (Å²) in [5.41, 5.74) is 8.15. The molecule has 26 heavy (non-hydrogen) atoms. The molecule has 0 saturated heterocycles. The number of hydrogen-bond acceptors (Lipinski definition) is 3. The molecule has 6 heteroatoms. The quantitative estimate of drug-likeness (QED) is 0.775. The molecule has 0 radical (unpaired) electrons. The molecule has 0 saturated carbocycles. The first-order valence-electron chi connectivity index (χ1n) is 8.16. The van der Waals surface area contributed by atoms with Gasteiger partial charge in [-0.3, -0.25) is 4.79 Å². The zero-order valence-corrected chi connectivity index (χ0v) is 14.8. The van der Waals surface area contributed by atoms with Crippen LogP contribution in [0.25, 0.3) is 16.9 Å². The summed E-state index contributed by atoms with van der Waals surface area (Å²) in [7, 11) is 0. The molecule has 0 unspecified atom stereocenters. The maximum atomic E-state index is 13.9. The fraction of sp³-hybridized carbons (Fsp3) is 0.150. The molecule has 3 rings (SSSR count). The Bertz CT molecular complexity index is 968. The number of carbonyl (C=O) groups excluding carboxylic acids is 1. The third-order valence-electron chi connectivity index (χ3n) is 3.63. The van der Waals surface area contributed by atoms with E-state index in [1.165, 1.54) is 22.9 Å². The number of benzene rings is 2. The molecule has 0 aliphatic heterocycles. The lowest BCUT2D eigenvalue weighted by Crippen LogP contribution is -2.12. The number of primary amides is 1. The van der Waals surface area contributed by atoms with E-state index in [1.54, 1.807) is 12.1 Å². The number of aryl methyl sites for hydroxylation is 1. The minimum absolute atomic E-state index is 0.0460. The maximum absolute atomic E-state index is 13.9. The second kappa shape index (κ2) is 8.08. The zero-order chi connectivity index (χ0) is 19.3. The Morgan fingerprint density at radius 3 is 2.35 bits per heavy atom. The highest BCUT2D eigenvalue weighted by atomic mass is 19.1. The first-order chi connectivity index (χ1) is 12.5. The number of nitriles is 1. The van der Waals surface area contributed by atoms with E-state index < -0.39 is 11.7 Å². The molecule has 2 N–H and O–H groups in total. The van der Waals surface area contributed by atoms with E-state index >= 15 is 0 Å². The Morgan fingerprint density at radius 1 is 1.15 bits per heavy atom. The highest BCUT2D eigenvalue weighted by Gasteiger charge is 2.16. The van der Waals surface area contributed by atoms with Crippen molar-refractivity contribution in [3.8, 4) is 23.0 Å². The normalized spacial score (nSPS) is 9.81. The van der Waals surface area contributed by atoms with Crippen LogP contribution in [0.1, 0.15) is 35.5 Å². The summed E-state index contributed by atoms with van der Waals surface area (Å²) in [6, 6.07) is 15.0. The van der Waals surface area contributed by atoms with E-state index in [1.807, 2.05) is 45.0 Å². The van der Waals surface area contributed by atoms with Crippen molar-refractivity contribution in [2.24, 2.45) is 5.73 Å². The van der Waals surface area contributed by atoms with Crippen LogP contribution >= 0.6 is 0 Å². The summed E-state index contributed by atoms with van der Waals surface area (Å²) >= 11 is 0. The van der Waals surface area contributed by atoms with Gasteiger partial charge in [-0.2, -0.15) is 10.4 Å². The number of nitrogens with zero attached hydrogens (tertiary/aromatic N) is 3. The highest BCUT2D eigenvalue weighted by Crippen LogP contribution is 2.26. The smallest absolute Gasteiger partial charge is 0.269 e. The van der Waals surface area contributed by atoms with Crippen molar-refractivity contribution < 1.29 is 9.18 Å². The molecular weight excluding hydrogens is 331 g/mol. The monoisotopic (exact) mass is 350 g/mol. The topological polar surface area (TPSA) is 84.7 Å². The van der Waals surface area contributed by atoms with Gasteiger partial charge in [-0.25, -0.2) is 9.07 Å². The third kappa shape index (κ3) is 3.78. The second-order valence-electron chi connectivity index (χ2n) is 5.33. The van der Waals surface area contributed by atoms with Gasteiger partial charge in [-0.15, -0.1) is 0 Å². The molecule has 0 aliphatic carbocycles. The van der Waals surface area contributed by atoms with Gasteiger partial charge in [0.05, 0.1) is 16.9 Å². The summed E-state index contributed by atoms with van der Waals surface area (Å²) in [4.78, 5) is 11.5. The molecule has 1 aromatic heterocycles. The van der Waals surface area contributed by atoms with E-state index in [2.05, 4.69) is 5.10 Å². The van der Waals surface area contributed by atoms with Crippen molar-refractivity contribution >= 4 is 5.91 Å². The summed E-state index contributed by atoms with van der Waals surface area (Å²) < 4.78 is 15.5. The van der Waals surface area contributed by atoms with Crippen molar-refractivity contribution in [1.29, 1.82) is 5.26 Å². The van der Waals surface area contributed by atoms with Gasteiger partial charge < -0.3 is 5.73 Å². The van der Waals surface area contributed by atoms with Gasteiger partial charge in [-0.1, -0.05) is 37.6 Å². The maximum Gasteiger partial charge on any atom is 0.269 e. The van der Waals surface area contributed by atoms with Crippen molar-refractivity contribution in [2.75, 3.05) is 0 Å². The van der Waals surface area contributed by atoms with Gasteiger partial charge in [0, 0.05) is 5.56 Å². The van der Waals surface area contributed by atoms with Crippen LogP contribution in [0.4, 0.5) is 4.39 Å². The van der Waals surface area contributed by atoms with Crippen LogP contribution in [0.2, 0.25) is 0 Å². The first-order valence-corrected chi connectivity index (χ1v) is 8.16. The lowest BCUT2D eigenvalue weighted by atomic mass is 10.1. The molecule has 1 amide bonds. The predicted octanol–water partition coefficient (Wildman–Crippen LogP) is 3.98. The van der Waals surface area contributed by atoms with Crippen molar-refractivity contribution in [3.05, 3.63) is 71.2 Å². The van der Waals surface area contributed by atoms with Crippen LogP contribution in [0.3, 0.4) is 0 Å². The Morgan fingerprint density at radius 2 is 1.81 bits per heavy atom. The van der Waals surface area contributed by atoms with E-state index in [-0.39, 0.29) is 11.3 Å². The van der Waals surface area contributed by atoms with E-state index in [0.717, 1.165) is 5.56 Å². The Labute approximate surface area is 151 Å². The summed E-state index contributed by atoms with van der Waals surface area (Å²) in [5, 5.41) is 13.1. The number of hydrogen-bond donors (Lipinski definition) is 1. The van der Waals surface area contributed by atoms with E-state index in [4.69, 9.17) is 11.0 Å². The van der Waals surface area contributed by atoms with Gasteiger partial charge >= 0.3 is 0 Å². The largest absolute Gasteiger partial charge is 0.364 e. The third-order valence-corrected chi connectivity index (χ3v) is 3.63. The fourth-order valence-electron chi connectivity index (χ4n) is 2.36. The van der Waals surface area contributed by atoms with Gasteiger partial charge in [0.1, 0.15) is 11.9 Å². The van der Waals surface area contributed by atoms with Crippen LogP contribution in [0.5, 0.6) is 0 Å². The lowest BCUT2D eigenvalue weighted by Gasteiger charge is -2.08. The van der Waals surface area contributed by atoms with Gasteiger partial charge in [0.2, 0.25) is 0 Å². The fourth-order valence-corrected chi connectivity index (χ4v) is 2.36. The molecular formula is C20H19FN4O. The minimum atomic E-state index is -0.670. The Hall–Kier alpha value is -3.46. The second-order valence-corrected chi connectivity index (χ2v) is 5.33. The summed E-state index contributed by atoms with van der Waals surface area (Å²) in [6.45, 7) is 5.96. The molecule has 0 fully saturated rings. The first kappa shape index (κ1) is 18.9. The zero-order valence-electron chi connectivity index (χ0n) is 14.8. The van der Waals surface area contributed by atoms with Crippen LogP contribution < -0.4 is 5.73 Å². The van der Waals surface area contributed by atoms with Crippen LogP contribution in [0, 0.1) is 24.1 Å². The minimum Gasteiger partial charge on any atom is -0.364 e. The van der Waals surface area contributed by atoms with Crippen molar-refractivity contribution in [1.82, 2.24) is 9.78 Å². The molecule has 0 atom stereocenters.